The molecule has 1 saturated heterocycles. The standard InChI is InChI=1S/C25H27N5/c1-29-25-22(24(26)28-29)16-21(19-8-4-2-5-9-19)23(27-25)20-12-10-18(11-13-20)17-30-14-6-3-7-15-30/h2,4-5,8-13,16H,3,6-7,14-15,17H2,1H3,(H2,26,28). The molecule has 5 rings (SSSR count). The van der Waals surface area contributed by atoms with E-state index in [2.05, 4.69) is 64.6 Å². The van der Waals surface area contributed by atoms with Gasteiger partial charge in [-0.25, -0.2) is 9.67 Å². The summed E-state index contributed by atoms with van der Waals surface area (Å²) in [6.45, 7) is 3.44. The first kappa shape index (κ1) is 18.8. The predicted octanol–water partition coefficient (Wildman–Crippen LogP) is 4.87. The lowest BCUT2D eigenvalue weighted by Crippen LogP contribution is -2.28. The summed E-state index contributed by atoms with van der Waals surface area (Å²) in [7, 11) is 1.89. The second kappa shape index (κ2) is 7.92. The molecule has 0 spiro atoms. The van der Waals surface area contributed by atoms with E-state index in [1.807, 2.05) is 13.1 Å². The zero-order chi connectivity index (χ0) is 20.5. The first-order chi connectivity index (χ1) is 14.7. The fourth-order valence-corrected chi connectivity index (χ4v) is 4.40. The number of hydrogen-bond donors (Lipinski definition) is 1. The number of nitrogens with two attached hydrogens (primary N) is 1. The molecule has 0 radical (unpaired) electrons. The second-order valence-electron chi connectivity index (χ2n) is 8.16. The predicted molar refractivity (Wildman–Crippen MR) is 123 cm³/mol. The maximum absolute atomic E-state index is 6.14. The van der Waals surface area contributed by atoms with Gasteiger partial charge in [0, 0.05) is 24.7 Å². The van der Waals surface area contributed by atoms with Crippen LogP contribution in [0.15, 0.2) is 60.7 Å². The molecular weight excluding hydrogens is 370 g/mol. The van der Waals surface area contributed by atoms with Gasteiger partial charge in [-0.2, -0.15) is 5.10 Å². The zero-order valence-corrected chi connectivity index (χ0v) is 17.4. The average Bonchev–Trinajstić information content (AvgIpc) is 3.07. The van der Waals surface area contributed by atoms with Gasteiger partial charge in [-0.3, -0.25) is 4.90 Å². The molecule has 0 atom stereocenters. The minimum absolute atomic E-state index is 0.514. The van der Waals surface area contributed by atoms with Crippen molar-refractivity contribution in [3.63, 3.8) is 0 Å². The van der Waals surface area contributed by atoms with Crippen molar-refractivity contribution in [2.45, 2.75) is 25.8 Å². The number of fused-ring (bicyclic) bond motifs is 1. The molecule has 2 N–H and O–H groups in total. The van der Waals surface area contributed by atoms with Crippen molar-refractivity contribution in [1.29, 1.82) is 0 Å². The van der Waals surface area contributed by atoms with E-state index in [-0.39, 0.29) is 0 Å². The highest BCUT2D eigenvalue weighted by atomic mass is 15.3. The van der Waals surface area contributed by atoms with E-state index >= 15 is 0 Å². The Labute approximate surface area is 177 Å². The third-order valence-electron chi connectivity index (χ3n) is 6.01. The van der Waals surface area contributed by atoms with E-state index in [4.69, 9.17) is 10.7 Å². The van der Waals surface area contributed by atoms with E-state index in [1.165, 1.54) is 37.9 Å². The van der Waals surface area contributed by atoms with Crippen molar-refractivity contribution in [1.82, 2.24) is 19.7 Å². The van der Waals surface area contributed by atoms with Gasteiger partial charge in [0.05, 0.1) is 11.1 Å². The molecule has 0 aliphatic carbocycles. The normalized spacial score (nSPS) is 15.0. The Morgan fingerprint density at radius 1 is 0.900 bits per heavy atom. The molecule has 5 heteroatoms. The monoisotopic (exact) mass is 397 g/mol. The Kier molecular flexibility index (Phi) is 4.97. The maximum atomic E-state index is 6.14. The highest BCUT2D eigenvalue weighted by molar-refractivity contribution is 5.95. The summed E-state index contributed by atoms with van der Waals surface area (Å²) in [5.74, 6) is 0.514. The van der Waals surface area contributed by atoms with Crippen LogP contribution in [0.5, 0.6) is 0 Å². The molecule has 5 nitrogen and oxygen atoms in total. The molecule has 4 aromatic rings. The van der Waals surface area contributed by atoms with Gasteiger partial charge in [0.1, 0.15) is 0 Å². The number of nitrogen functional groups attached to an aromatic ring is 1. The highest BCUT2D eigenvalue weighted by Crippen LogP contribution is 2.35. The first-order valence-electron chi connectivity index (χ1n) is 10.7. The van der Waals surface area contributed by atoms with E-state index in [9.17, 15) is 0 Å². The molecule has 0 amide bonds. The number of piperidine rings is 1. The Balaban J connectivity index is 1.56. The van der Waals surface area contributed by atoms with E-state index in [1.54, 1.807) is 4.68 Å². The van der Waals surface area contributed by atoms with Crippen LogP contribution < -0.4 is 5.73 Å². The van der Waals surface area contributed by atoms with Crippen molar-refractivity contribution < 1.29 is 0 Å². The minimum Gasteiger partial charge on any atom is -0.382 e. The summed E-state index contributed by atoms with van der Waals surface area (Å²) >= 11 is 0. The highest BCUT2D eigenvalue weighted by Gasteiger charge is 2.16. The summed E-state index contributed by atoms with van der Waals surface area (Å²) in [6, 6.07) is 21.4. The van der Waals surface area contributed by atoms with Crippen LogP contribution in [-0.2, 0) is 13.6 Å². The molecule has 2 aromatic carbocycles. The number of benzene rings is 2. The number of aryl methyl sites for hydroxylation is 1. The number of likely N-dealkylation sites (tertiary alicyclic amines) is 1. The Bertz CT molecular complexity index is 1160. The Morgan fingerprint density at radius 3 is 2.37 bits per heavy atom. The van der Waals surface area contributed by atoms with Crippen LogP contribution in [-0.4, -0.2) is 32.8 Å². The van der Waals surface area contributed by atoms with E-state index in [0.717, 1.165) is 40.0 Å². The summed E-state index contributed by atoms with van der Waals surface area (Å²) in [5, 5.41) is 5.26. The van der Waals surface area contributed by atoms with Crippen LogP contribution in [0, 0.1) is 0 Å². The number of pyridine rings is 1. The Hall–Kier alpha value is -3.18. The van der Waals surface area contributed by atoms with Gasteiger partial charge < -0.3 is 5.73 Å². The fraction of sp³-hybridized carbons (Fsp3) is 0.280. The van der Waals surface area contributed by atoms with Crippen LogP contribution >= 0.6 is 0 Å². The lowest BCUT2D eigenvalue weighted by molar-refractivity contribution is 0.221. The van der Waals surface area contributed by atoms with Gasteiger partial charge >= 0.3 is 0 Å². The van der Waals surface area contributed by atoms with Gasteiger partial charge in [0.2, 0.25) is 0 Å². The average molecular weight is 398 g/mol. The molecule has 0 unspecified atom stereocenters. The number of rotatable bonds is 4. The van der Waals surface area contributed by atoms with Crippen LogP contribution in [0.25, 0.3) is 33.4 Å². The third-order valence-corrected chi connectivity index (χ3v) is 6.01. The Morgan fingerprint density at radius 2 is 1.63 bits per heavy atom. The SMILES string of the molecule is Cn1nc(N)c2cc(-c3ccccc3)c(-c3ccc(CN4CCCCC4)cc3)nc21. The van der Waals surface area contributed by atoms with Crippen molar-refractivity contribution in [3.8, 4) is 22.4 Å². The molecule has 30 heavy (non-hydrogen) atoms. The number of aromatic nitrogens is 3. The van der Waals surface area contributed by atoms with Crippen LogP contribution in [0.3, 0.4) is 0 Å². The van der Waals surface area contributed by atoms with Crippen LogP contribution in [0.4, 0.5) is 5.82 Å². The number of anilines is 1. The summed E-state index contributed by atoms with van der Waals surface area (Å²) in [4.78, 5) is 7.55. The van der Waals surface area contributed by atoms with Crippen molar-refractivity contribution >= 4 is 16.9 Å². The molecule has 1 aliphatic heterocycles. The van der Waals surface area contributed by atoms with Gasteiger partial charge in [-0.15, -0.1) is 0 Å². The summed E-state index contributed by atoms with van der Waals surface area (Å²) in [6.07, 6.45) is 4.00. The summed E-state index contributed by atoms with van der Waals surface area (Å²) in [5.41, 5.74) is 12.6. The van der Waals surface area contributed by atoms with Crippen molar-refractivity contribution in [2.75, 3.05) is 18.8 Å². The smallest absolute Gasteiger partial charge is 0.160 e. The lowest BCUT2D eigenvalue weighted by Gasteiger charge is -2.26. The van der Waals surface area contributed by atoms with Crippen LogP contribution in [0.2, 0.25) is 0 Å². The molecule has 3 heterocycles. The maximum Gasteiger partial charge on any atom is 0.160 e. The molecule has 2 aromatic heterocycles. The molecule has 1 aliphatic rings. The molecular formula is C25H27N5. The van der Waals surface area contributed by atoms with Crippen LogP contribution in [0.1, 0.15) is 24.8 Å². The van der Waals surface area contributed by atoms with Gasteiger partial charge in [-0.05, 0) is 43.1 Å². The van der Waals surface area contributed by atoms with E-state index < -0.39 is 0 Å². The van der Waals surface area contributed by atoms with Gasteiger partial charge in [-0.1, -0.05) is 61.0 Å². The largest absolute Gasteiger partial charge is 0.382 e. The molecule has 152 valence electrons. The fourth-order valence-electron chi connectivity index (χ4n) is 4.40. The minimum atomic E-state index is 0.514. The van der Waals surface area contributed by atoms with E-state index in [0.29, 0.717) is 5.82 Å². The number of hydrogen-bond acceptors (Lipinski definition) is 4. The first-order valence-corrected chi connectivity index (χ1v) is 10.7. The van der Waals surface area contributed by atoms with Gasteiger partial charge in [0.15, 0.2) is 11.5 Å². The summed E-state index contributed by atoms with van der Waals surface area (Å²) < 4.78 is 1.76. The van der Waals surface area contributed by atoms with Crippen molar-refractivity contribution in [2.24, 2.45) is 7.05 Å². The quantitative estimate of drug-likeness (QED) is 0.534. The topological polar surface area (TPSA) is 60.0 Å². The zero-order valence-electron chi connectivity index (χ0n) is 17.4. The molecule has 1 fully saturated rings. The molecule has 0 bridgehead atoms. The lowest BCUT2D eigenvalue weighted by atomic mass is 9.97. The van der Waals surface area contributed by atoms with Gasteiger partial charge in [0.25, 0.3) is 0 Å². The number of nitrogens with zero attached hydrogens (tertiary/aromatic N) is 4. The third kappa shape index (κ3) is 3.57. The second-order valence-corrected chi connectivity index (χ2v) is 8.16. The van der Waals surface area contributed by atoms with Crippen molar-refractivity contribution in [3.05, 3.63) is 66.2 Å². The molecule has 0 saturated carbocycles.